The third-order valence-electron chi connectivity index (χ3n) is 2.11. The van der Waals surface area contributed by atoms with Crippen molar-refractivity contribution in [3.05, 3.63) is 9.75 Å². The van der Waals surface area contributed by atoms with Gasteiger partial charge in [0.05, 0.1) is 19.2 Å². The summed E-state index contributed by atoms with van der Waals surface area (Å²) in [5, 5.41) is 0. The summed E-state index contributed by atoms with van der Waals surface area (Å²) in [6.07, 6.45) is 5.70. The molecule has 0 aromatic carbocycles. The van der Waals surface area contributed by atoms with Gasteiger partial charge in [-0.1, -0.05) is 0 Å². The van der Waals surface area contributed by atoms with Gasteiger partial charge in [0.15, 0.2) is 12.6 Å². The first-order chi connectivity index (χ1) is 7.76. The molecular formula is C10H8O2S4. The lowest BCUT2D eigenvalue weighted by Crippen LogP contribution is -1.75. The summed E-state index contributed by atoms with van der Waals surface area (Å²) in [7, 11) is 0. The smallest absolute Gasteiger partial charge is 0.161 e. The van der Waals surface area contributed by atoms with Crippen molar-refractivity contribution in [1.82, 2.24) is 0 Å². The molecule has 16 heavy (non-hydrogen) atoms. The zero-order valence-electron chi connectivity index (χ0n) is 8.60. The van der Waals surface area contributed by atoms with Crippen LogP contribution in [0.3, 0.4) is 0 Å². The van der Waals surface area contributed by atoms with Crippen molar-refractivity contribution in [2.75, 3.05) is 12.5 Å². The van der Waals surface area contributed by atoms with Crippen LogP contribution >= 0.6 is 46.2 Å². The zero-order valence-corrected chi connectivity index (χ0v) is 11.9. The van der Waals surface area contributed by atoms with Crippen LogP contribution in [0.25, 0.3) is 9.40 Å². The fourth-order valence-electron chi connectivity index (χ4n) is 1.47. The normalized spacial score (nSPS) is 10.9. The number of rotatable bonds is 4. The number of carbonyl (C=O) groups is 2. The molecule has 0 atom stereocenters. The van der Waals surface area contributed by atoms with Crippen LogP contribution < -0.4 is 0 Å². The number of thiophene rings is 2. The molecule has 0 unspecified atom stereocenters. The maximum absolute atomic E-state index is 10.9. The molecule has 0 amide bonds. The second kappa shape index (κ2) is 4.91. The van der Waals surface area contributed by atoms with Crippen LogP contribution in [0.2, 0.25) is 0 Å². The van der Waals surface area contributed by atoms with E-state index in [9.17, 15) is 9.59 Å². The fourth-order valence-corrected chi connectivity index (χ4v) is 6.27. The second-order valence-corrected chi connectivity index (χ2v) is 6.63. The number of fused-ring (bicyclic) bond motifs is 1. The Balaban J connectivity index is 2.81. The van der Waals surface area contributed by atoms with Gasteiger partial charge in [0, 0.05) is 9.79 Å². The van der Waals surface area contributed by atoms with Gasteiger partial charge in [0.2, 0.25) is 0 Å². The van der Waals surface area contributed by atoms with E-state index in [4.69, 9.17) is 0 Å². The molecule has 2 nitrogen and oxygen atoms in total. The van der Waals surface area contributed by atoms with E-state index < -0.39 is 0 Å². The molecule has 0 spiro atoms. The highest BCUT2D eigenvalue weighted by Gasteiger charge is 2.19. The molecule has 0 N–H and O–H groups in total. The van der Waals surface area contributed by atoms with Crippen LogP contribution in [0.15, 0.2) is 9.79 Å². The first kappa shape index (κ1) is 12.2. The molecule has 0 fully saturated rings. The zero-order chi connectivity index (χ0) is 11.7. The molecule has 0 aliphatic rings. The number of carbonyl (C=O) groups excluding carboxylic acids is 2. The minimum Gasteiger partial charge on any atom is -0.297 e. The quantitative estimate of drug-likeness (QED) is 0.628. The van der Waals surface area contributed by atoms with Gasteiger partial charge in [0.25, 0.3) is 0 Å². The molecule has 6 heteroatoms. The Morgan fingerprint density at radius 3 is 1.50 bits per heavy atom. The number of aldehydes is 2. The van der Waals surface area contributed by atoms with Crippen molar-refractivity contribution < 1.29 is 9.59 Å². The summed E-state index contributed by atoms with van der Waals surface area (Å²) in [5.74, 6) is 0. The molecule has 0 aliphatic carbocycles. The van der Waals surface area contributed by atoms with Gasteiger partial charge in [-0.25, -0.2) is 0 Å². The van der Waals surface area contributed by atoms with Crippen molar-refractivity contribution in [1.29, 1.82) is 0 Å². The van der Waals surface area contributed by atoms with Gasteiger partial charge in [-0.15, -0.1) is 46.2 Å². The summed E-state index contributed by atoms with van der Waals surface area (Å²) >= 11 is 6.08. The Hall–Kier alpha value is -0.300. The summed E-state index contributed by atoms with van der Waals surface area (Å²) in [4.78, 5) is 25.4. The number of thioether (sulfide) groups is 2. The number of hydrogen-bond acceptors (Lipinski definition) is 6. The molecule has 2 aromatic heterocycles. The second-order valence-electron chi connectivity index (χ2n) is 2.89. The Morgan fingerprint density at radius 1 is 0.875 bits per heavy atom. The van der Waals surface area contributed by atoms with E-state index >= 15 is 0 Å². The van der Waals surface area contributed by atoms with Crippen LogP contribution in [0.5, 0.6) is 0 Å². The van der Waals surface area contributed by atoms with Crippen molar-refractivity contribution >= 4 is 68.2 Å². The van der Waals surface area contributed by atoms with Gasteiger partial charge < -0.3 is 0 Å². The summed E-state index contributed by atoms with van der Waals surface area (Å²) in [6.45, 7) is 0. The Bertz CT molecular complexity index is 503. The third-order valence-corrected chi connectivity index (χ3v) is 6.69. The minimum atomic E-state index is 0.765. The molecule has 84 valence electrons. The largest absolute Gasteiger partial charge is 0.297 e. The number of hydrogen-bond donors (Lipinski definition) is 0. The first-order valence-corrected chi connectivity index (χ1v) is 8.42. The van der Waals surface area contributed by atoms with Crippen LogP contribution in [-0.2, 0) is 0 Å². The molecule has 0 saturated heterocycles. The van der Waals surface area contributed by atoms with Gasteiger partial charge >= 0.3 is 0 Å². The SMILES string of the molecule is CSc1c(C=O)sc2c(SC)c(C=O)sc12. The summed E-state index contributed by atoms with van der Waals surface area (Å²) < 4.78 is 2.15. The van der Waals surface area contributed by atoms with Gasteiger partial charge in [-0.2, -0.15) is 0 Å². The highest BCUT2D eigenvalue weighted by Crippen LogP contribution is 2.46. The van der Waals surface area contributed by atoms with Crippen molar-refractivity contribution in [3.8, 4) is 0 Å². The Labute approximate surface area is 109 Å². The molecule has 2 rings (SSSR count). The molecule has 2 aromatic rings. The molecule has 0 aliphatic heterocycles. The Kier molecular flexibility index (Phi) is 3.73. The van der Waals surface area contributed by atoms with E-state index in [2.05, 4.69) is 0 Å². The van der Waals surface area contributed by atoms with E-state index in [1.807, 2.05) is 12.5 Å². The highest BCUT2D eigenvalue weighted by atomic mass is 32.2. The molecule has 2 heterocycles. The summed E-state index contributed by atoms with van der Waals surface area (Å²) in [6, 6.07) is 0. The highest BCUT2D eigenvalue weighted by molar-refractivity contribution is 8.00. The summed E-state index contributed by atoms with van der Waals surface area (Å²) in [5.41, 5.74) is 0. The third kappa shape index (κ3) is 1.73. The average molecular weight is 288 g/mol. The van der Waals surface area contributed by atoms with Crippen LogP contribution in [-0.4, -0.2) is 25.1 Å². The van der Waals surface area contributed by atoms with Crippen LogP contribution in [0.1, 0.15) is 19.3 Å². The topological polar surface area (TPSA) is 34.1 Å². The van der Waals surface area contributed by atoms with E-state index in [0.29, 0.717) is 0 Å². The van der Waals surface area contributed by atoms with E-state index in [1.165, 1.54) is 22.7 Å². The monoisotopic (exact) mass is 288 g/mol. The maximum Gasteiger partial charge on any atom is 0.161 e. The molecule has 0 bridgehead atoms. The lowest BCUT2D eigenvalue weighted by molar-refractivity contribution is 0.111. The van der Waals surface area contributed by atoms with Crippen LogP contribution in [0.4, 0.5) is 0 Å². The molecule has 0 saturated carbocycles. The van der Waals surface area contributed by atoms with E-state index in [-0.39, 0.29) is 0 Å². The predicted octanol–water partition coefficient (Wildman–Crippen LogP) is 4.03. The standard InChI is InChI=1S/C10H8O2S4/c1-13-7-5(3-11)15-10-8(14-2)6(4-12)16-9(7)10/h3-4H,1-2H3. The van der Waals surface area contributed by atoms with E-state index in [0.717, 1.165) is 41.5 Å². The lowest BCUT2D eigenvalue weighted by Gasteiger charge is -1.91. The van der Waals surface area contributed by atoms with Crippen molar-refractivity contribution in [3.63, 3.8) is 0 Å². The molecule has 0 radical (unpaired) electrons. The first-order valence-electron chi connectivity index (χ1n) is 4.34. The molecular weight excluding hydrogens is 280 g/mol. The maximum atomic E-state index is 10.9. The Morgan fingerprint density at radius 2 is 1.25 bits per heavy atom. The van der Waals surface area contributed by atoms with Crippen LogP contribution in [0, 0.1) is 0 Å². The van der Waals surface area contributed by atoms with Crippen molar-refractivity contribution in [2.24, 2.45) is 0 Å². The van der Waals surface area contributed by atoms with Crippen molar-refractivity contribution in [2.45, 2.75) is 9.79 Å². The minimum absolute atomic E-state index is 0.765. The lowest BCUT2D eigenvalue weighted by atomic mass is 10.4. The predicted molar refractivity (Wildman–Crippen MR) is 74.0 cm³/mol. The van der Waals surface area contributed by atoms with E-state index in [1.54, 1.807) is 23.5 Å². The average Bonchev–Trinajstić information content (AvgIpc) is 2.82. The van der Waals surface area contributed by atoms with Gasteiger partial charge in [-0.3, -0.25) is 9.59 Å². The van der Waals surface area contributed by atoms with Gasteiger partial charge in [0.1, 0.15) is 0 Å². The fraction of sp³-hybridized carbons (Fsp3) is 0.200. The van der Waals surface area contributed by atoms with Gasteiger partial charge in [-0.05, 0) is 12.5 Å².